The molecule has 4 aliphatic rings. The van der Waals surface area contributed by atoms with Gasteiger partial charge in [0.05, 0.1) is 11.2 Å². The molecule has 2 N–H and O–H groups in total. The lowest BCUT2D eigenvalue weighted by molar-refractivity contribution is -0.0477. The van der Waals surface area contributed by atoms with Crippen molar-refractivity contribution >= 4 is 21.5 Å². The van der Waals surface area contributed by atoms with E-state index in [1.54, 1.807) is 0 Å². The first-order valence-corrected chi connectivity index (χ1v) is 16.8. The van der Waals surface area contributed by atoms with E-state index in [1.165, 1.54) is 66.1 Å². The van der Waals surface area contributed by atoms with Crippen LogP contribution < -0.4 is 0 Å². The summed E-state index contributed by atoms with van der Waals surface area (Å²) in [6.45, 7) is 4.25. The van der Waals surface area contributed by atoms with Crippen LogP contribution in [0, 0.1) is 23.7 Å². The Hall–Kier alpha value is -3.46. The van der Waals surface area contributed by atoms with Crippen LogP contribution in [0.4, 0.5) is 0 Å². The van der Waals surface area contributed by atoms with Crippen LogP contribution in [0.25, 0.3) is 21.5 Å². The highest BCUT2D eigenvalue weighted by atomic mass is 16.3. The van der Waals surface area contributed by atoms with Gasteiger partial charge >= 0.3 is 0 Å². The second-order valence-corrected chi connectivity index (χ2v) is 15.2. The number of benzene rings is 5. The summed E-state index contributed by atoms with van der Waals surface area (Å²) >= 11 is 0. The molecule has 0 radical (unpaired) electrons. The van der Waals surface area contributed by atoms with Gasteiger partial charge in [0.1, 0.15) is 0 Å². The van der Waals surface area contributed by atoms with E-state index in [0.29, 0.717) is 0 Å². The summed E-state index contributed by atoms with van der Waals surface area (Å²) in [5, 5.41) is 29.6. The standard InChI is InChI=1S/C42H42O2/c1-41(43)37-17-29-11-25-7-3-4-8-26(25)12-30(29)18-38(41)22-34-16-36-24-40-20-32-14-28-10-6-5-9-27(28)13-31(32)19-39(42(40,2)44)23-35(36)15-33(34)21-37/h3-16,37-40,43-44H,17-24H2,1-2H3/t37-,38+,39-,40+,41?,42?. The first kappa shape index (κ1) is 26.9. The third kappa shape index (κ3) is 4.14. The topological polar surface area (TPSA) is 40.5 Å². The molecule has 44 heavy (non-hydrogen) atoms. The van der Waals surface area contributed by atoms with E-state index in [9.17, 15) is 10.2 Å². The summed E-state index contributed by atoms with van der Waals surface area (Å²) in [7, 11) is 0. The third-order valence-corrected chi connectivity index (χ3v) is 12.7. The van der Waals surface area contributed by atoms with Gasteiger partial charge < -0.3 is 10.2 Å². The predicted molar refractivity (Wildman–Crippen MR) is 179 cm³/mol. The Morgan fingerprint density at radius 2 is 0.591 bits per heavy atom. The van der Waals surface area contributed by atoms with Gasteiger partial charge in [-0.05, 0) is 155 Å². The highest BCUT2D eigenvalue weighted by Crippen LogP contribution is 2.47. The molecule has 2 unspecified atom stereocenters. The highest BCUT2D eigenvalue weighted by molar-refractivity contribution is 5.85. The lowest BCUT2D eigenvalue weighted by atomic mass is 9.75. The minimum absolute atomic E-state index is 0.186. The third-order valence-electron chi connectivity index (χ3n) is 12.7. The average Bonchev–Trinajstić information content (AvgIpc) is 3.27. The lowest BCUT2D eigenvalue weighted by Gasteiger charge is -2.36. The molecular formula is C42H42O2. The van der Waals surface area contributed by atoms with E-state index in [2.05, 4.69) is 98.8 Å². The molecule has 0 fully saturated rings. The first-order valence-electron chi connectivity index (χ1n) is 16.8. The molecule has 2 nitrogen and oxygen atoms in total. The monoisotopic (exact) mass is 578 g/mol. The molecule has 0 saturated carbocycles. The molecule has 4 aliphatic carbocycles. The van der Waals surface area contributed by atoms with Crippen molar-refractivity contribution in [3.05, 3.63) is 129 Å². The number of aliphatic hydroxyl groups is 2. The fraction of sp³-hybridized carbons (Fsp3) is 0.381. The van der Waals surface area contributed by atoms with Crippen LogP contribution in [0.3, 0.4) is 0 Å². The number of fused-ring (bicyclic) bond motifs is 10. The Morgan fingerprint density at radius 1 is 0.386 bits per heavy atom. The molecular weight excluding hydrogens is 536 g/mol. The Labute approximate surface area is 260 Å². The van der Waals surface area contributed by atoms with Gasteiger partial charge in [-0.25, -0.2) is 0 Å². The lowest BCUT2D eigenvalue weighted by Crippen LogP contribution is -2.43. The minimum atomic E-state index is -0.719. The van der Waals surface area contributed by atoms with Gasteiger partial charge in [0.15, 0.2) is 0 Å². The minimum Gasteiger partial charge on any atom is -0.390 e. The summed E-state index contributed by atoms with van der Waals surface area (Å²) < 4.78 is 0. The number of rotatable bonds is 0. The number of hydrogen-bond acceptors (Lipinski definition) is 2. The Balaban J connectivity index is 1.10. The van der Waals surface area contributed by atoms with Gasteiger partial charge in [0, 0.05) is 0 Å². The molecule has 5 aromatic rings. The fourth-order valence-electron chi connectivity index (χ4n) is 9.71. The van der Waals surface area contributed by atoms with Gasteiger partial charge in [0.2, 0.25) is 0 Å². The molecule has 0 aromatic heterocycles. The quantitative estimate of drug-likeness (QED) is 0.197. The van der Waals surface area contributed by atoms with Crippen molar-refractivity contribution in [2.24, 2.45) is 23.7 Å². The highest BCUT2D eigenvalue weighted by Gasteiger charge is 2.47. The predicted octanol–water partition coefficient (Wildman–Crippen LogP) is 7.75. The van der Waals surface area contributed by atoms with Crippen LogP contribution in [0.2, 0.25) is 0 Å². The zero-order valence-electron chi connectivity index (χ0n) is 25.9. The smallest absolute Gasteiger partial charge is 0.0688 e. The first-order chi connectivity index (χ1) is 21.2. The van der Waals surface area contributed by atoms with Crippen LogP contribution in [0.5, 0.6) is 0 Å². The molecule has 222 valence electrons. The molecule has 6 atom stereocenters. The van der Waals surface area contributed by atoms with E-state index in [0.717, 1.165) is 51.4 Å². The van der Waals surface area contributed by atoms with E-state index >= 15 is 0 Å². The van der Waals surface area contributed by atoms with Crippen molar-refractivity contribution in [1.82, 2.24) is 0 Å². The summed E-state index contributed by atoms with van der Waals surface area (Å²) in [4.78, 5) is 0. The normalized spacial score (nSPS) is 30.6. The Bertz CT molecular complexity index is 1690. The van der Waals surface area contributed by atoms with Crippen LogP contribution in [-0.2, 0) is 51.4 Å². The van der Waals surface area contributed by atoms with E-state index in [1.807, 2.05) is 0 Å². The summed E-state index contributed by atoms with van der Waals surface area (Å²) in [6.07, 6.45) is 7.34. The van der Waals surface area contributed by atoms with Crippen LogP contribution in [0.1, 0.15) is 58.4 Å². The van der Waals surface area contributed by atoms with Crippen LogP contribution in [0.15, 0.2) is 84.9 Å². The van der Waals surface area contributed by atoms with Crippen molar-refractivity contribution in [2.45, 2.75) is 76.4 Å². The van der Waals surface area contributed by atoms with Gasteiger partial charge in [-0.3, -0.25) is 0 Å². The van der Waals surface area contributed by atoms with Crippen molar-refractivity contribution < 1.29 is 10.2 Å². The van der Waals surface area contributed by atoms with Crippen LogP contribution >= 0.6 is 0 Å². The van der Waals surface area contributed by atoms with E-state index in [-0.39, 0.29) is 23.7 Å². The Morgan fingerprint density at radius 3 is 0.818 bits per heavy atom. The summed E-state index contributed by atoms with van der Waals surface area (Å²) in [5.74, 6) is 0.743. The zero-order chi connectivity index (χ0) is 29.8. The largest absolute Gasteiger partial charge is 0.390 e. The van der Waals surface area contributed by atoms with Gasteiger partial charge in [-0.15, -0.1) is 0 Å². The molecule has 9 rings (SSSR count). The maximum atomic E-state index is 12.2. The molecule has 2 heteroatoms. The maximum absolute atomic E-state index is 12.2. The second-order valence-electron chi connectivity index (χ2n) is 15.2. The molecule has 4 bridgehead atoms. The molecule has 0 saturated heterocycles. The SMILES string of the molecule is CC1(O)[C@@H]2Cc3cc4c(cc3C[C@H]1Cc1cc3ccccc3cc1C2)C[C@H]1Cc2cc3ccccc3cc2C[C@@H](C4)C1(C)O. The van der Waals surface area contributed by atoms with Crippen LogP contribution in [-0.4, -0.2) is 21.4 Å². The van der Waals surface area contributed by atoms with Crippen molar-refractivity contribution in [3.63, 3.8) is 0 Å². The van der Waals surface area contributed by atoms with E-state index in [4.69, 9.17) is 0 Å². The average molecular weight is 579 g/mol. The van der Waals surface area contributed by atoms with Gasteiger partial charge in [0.25, 0.3) is 0 Å². The van der Waals surface area contributed by atoms with Crippen molar-refractivity contribution in [2.75, 3.05) is 0 Å². The molecule has 0 amide bonds. The van der Waals surface area contributed by atoms with E-state index < -0.39 is 11.2 Å². The second kappa shape index (κ2) is 9.52. The van der Waals surface area contributed by atoms with Gasteiger partial charge in [-0.2, -0.15) is 0 Å². The molecule has 0 heterocycles. The summed E-state index contributed by atoms with van der Waals surface area (Å²) in [5.41, 5.74) is 9.96. The Kier molecular flexibility index (Phi) is 5.82. The molecule has 5 aromatic carbocycles. The molecule has 0 spiro atoms. The maximum Gasteiger partial charge on any atom is 0.0688 e. The zero-order valence-corrected chi connectivity index (χ0v) is 25.9. The number of hydrogen-bond donors (Lipinski definition) is 2. The van der Waals surface area contributed by atoms with Gasteiger partial charge in [-0.1, -0.05) is 84.9 Å². The summed E-state index contributed by atoms with van der Waals surface area (Å²) in [6, 6.07) is 32.0. The van der Waals surface area contributed by atoms with Crippen molar-refractivity contribution in [1.29, 1.82) is 0 Å². The molecule has 0 aliphatic heterocycles. The fourth-order valence-corrected chi connectivity index (χ4v) is 9.71. The van der Waals surface area contributed by atoms with Crippen molar-refractivity contribution in [3.8, 4) is 0 Å².